The van der Waals surface area contributed by atoms with Gasteiger partial charge in [-0.05, 0) is 24.8 Å². The third kappa shape index (κ3) is 5.61. The van der Waals surface area contributed by atoms with Crippen molar-refractivity contribution >= 4 is 24.7 Å². The Hall–Kier alpha value is -0.830. The second-order valence-corrected chi connectivity index (χ2v) is 5.14. The van der Waals surface area contributed by atoms with E-state index in [4.69, 9.17) is 5.26 Å². The van der Waals surface area contributed by atoms with Crippen LogP contribution >= 0.6 is 12.0 Å². The zero-order valence-electron chi connectivity index (χ0n) is 10.9. The normalized spacial score (nSPS) is 13.3. The Bertz CT molecular complexity index is 496. The molecule has 1 aromatic rings. The molecule has 0 saturated carbocycles. The average molecular weight is 410 g/mol. The summed E-state index contributed by atoms with van der Waals surface area (Å²) in [7, 11) is 0. The van der Waals surface area contributed by atoms with Gasteiger partial charge >= 0.3 is 23.3 Å². The van der Waals surface area contributed by atoms with Crippen LogP contribution < -0.4 is 5.26 Å². The number of halogens is 9. The van der Waals surface area contributed by atoms with Gasteiger partial charge in [0.05, 0.1) is 0 Å². The van der Waals surface area contributed by atoms with Crippen LogP contribution in [0.4, 0.5) is 39.5 Å². The van der Waals surface area contributed by atoms with Crippen molar-refractivity contribution in [2.75, 3.05) is 0 Å². The molecular weight excluding hydrogens is 403 g/mol. The van der Waals surface area contributed by atoms with Crippen molar-refractivity contribution in [1.82, 2.24) is 0 Å². The van der Waals surface area contributed by atoms with Gasteiger partial charge in [0.15, 0.2) is 0 Å². The first-order chi connectivity index (χ1) is 10.7. The molecule has 0 saturated heterocycles. The SMILES string of the molecule is [O-]OOSC(F)(F)C(F)(F)C(F)(F)C(F)(F)F.[SH2+]c1ccccc1. The van der Waals surface area contributed by atoms with Crippen molar-refractivity contribution in [2.45, 2.75) is 28.2 Å². The van der Waals surface area contributed by atoms with Gasteiger partial charge in [-0.25, -0.2) is 0 Å². The van der Waals surface area contributed by atoms with Crippen LogP contribution in [0.5, 0.6) is 0 Å². The minimum Gasteiger partial charge on any atom is -0.691 e. The first-order valence-electron chi connectivity index (χ1n) is 5.32. The van der Waals surface area contributed by atoms with Crippen molar-refractivity contribution in [1.29, 1.82) is 0 Å². The lowest BCUT2D eigenvalue weighted by Gasteiger charge is -2.32. The minimum atomic E-state index is -7.03. The molecule has 24 heavy (non-hydrogen) atoms. The van der Waals surface area contributed by atoms with Crippen LogP contribution in [0.3, 0.4) is 0 Å². The van der Waals surface area contributed by atoms with Crippen molar-refractivity contribution in [3.8, 4) is 0 Å². The Morgan fingerprint density at radius 1 is 0.833 bits per heavy atom. The first-order valence-corrected chi connectivity index (χ1v) is 6.56. The molecule has 0 atom stereocenters. The van der Waals surface area contributed by atoms with E-state index in [0.29, 0.717) is 0 Å². The molecule has 0 fully saturated rings. The Balaban J connectivity index is 0.000000620. The summed E-state index contributed by atoms with van der Waals surface area (Å²) >= 11 is 1.39. The van der Waals surface area contributed by atoms with Gasteiger partial charge < -0.3 is 5.26 Å². The molecule has 140 valence electrons. The summed E-state index contributed by atoms with van der Waals surface area (Å²) in [4.78, 5) is 1.13. The molecule has 0 aliphatic carbocycles. The van der Waals surface area contributed by atoms with E-state index in [-0.39, 0.29) is 0 Å². The number of alkyl halides is 9. The lowest BCUT2D eigenvalue weighted by atomic mass is 10.1. The predicted octanol–water partition coefficient (Wildman–Crippen LogP) is 3.34. The van der Waals surface area contributed by atoms with Gasteiger partial charge in [0, 0.05) is 0 Å². The van der Waals surface area contributed by atoms with E-state index in [1.165, 1.54) is 0 Å². The second kappa shape index (κ2) is 8.51. The molecule has 0 unspecified atom stereocenters. The predicted molar refractivity (Wildman–Crippen MR) is 65.5 cm³/mol. The quantitative estimate of drug-likeness (QED) is 0.246. The van der Waals surface area contributed by atoms with Gasteiger partial charge in [0.1, 0.15) is 16.9 Å². The lowest BCUT2D eigenvalue weighted by molar-refractivity contribution is -0.777. The fraction of sp³-hybridized carbons (Fsp3) is 0.400. The van der Waals surface area contributed by atoms with Crippen molar-refractivity contribution in [3.05, 3.63) is 30.3 Å². The molecule has 0 N–H and O–H groups in total. The topological polar surface area (TPSA) is 41.5 Å². The van der Waals surface area contributed by atoms with Crippen LogP contribution in [-0.2, 0) is 22.0 Å². The smallest absolute Gasteiger partial charge is 0.460 e. The molecule has 0 heterocycles. The van der Waals surface area contributed by atoms with Crippen molar-refractivity contribution < 1.29 is 54.1 Å². The van der Waals surface area contributed by atoms with Crippen LogP contribution in [0.2, 0.25) is 0 Å². The molecule has 0 aromatic heterocycles. The lowest BCUT2D eigenvalue weighted by Crippen LogP contribution is -2.59. The molecule has 0 aliphatic rings. The van der Waals surface area contributed by atoms with E-state index in [2.05, 4.69) is 22.0 Å². The monoisotopic (exact) mass is 410 g/mol. The second-order valence-electron chi connectivity index (χ2n) is 3.75. The van der Waals surface area contributed by atoms with Crippen molar-refractivity contribution in [3.63, 3.8) is 0 Å². The van der Waals surface area contributed by atoms with E-state index in [1.807, 2.05) is 30.3 Å². The van der Waals surface area contributed by atoms with E-state index < -0.39 is 35.3 Å². The molecule has 1 aromatic carbocycles. The highest BCUT2D eigenvalue weighted by Gasteiger charge is 2.82. The molecule has 0 amide bonds. The highest BCUT2D eigenvalue weighted by molar-refractivity contribution is 7.95. The maximum atomic E-state index is 12.3. The summed E-state index contributed by atoms with van der Waals surface area (Å²) in [6.45, 7) is 0. The zero-order valence-corrected chi connectivity index (χ0v) is 12.7. The fourth-order valence-corrected chi connectivity index (χ4v) is 1.45. The standard InChI is InChI=1S/C6H6S.C4HF9O3S/c7-6-4-2-1-3-5-6;5-1(6,3(9,10)11)2(7,8)4(12,13)17-16-15-14/h1-5,7H;14H. The van der Waals surface area contributed by atoms with Gasteiger partial charge in [-0.2, -0.15) is 43.8 Å². The van der Waals surface area contributed by atoms with Gasteiger partial charge in [0.25, 0.3) is 0 Å². The van der Waals surface area contributed by atoms with Crippen LogP contribution in [0, 0.1) is 0 Å². The summed E-state index contributed by atoms with van der Waals surface area (Å²) in [5, 5.41) is 5.12. The van der Waals surface area contributed by atoms with Gasteiger partial charge in [-0.1, -0.05) is 18.2 Å². The Kier molecular flexibility index (Phi) is 8.22. The molecule has 0 spiro atoms. The highest BCUT2D eigenvalue weighted by Crippen LogP contribution is 2.56. The molecular formula is C10H7F9O3S2. The Labute approximate surface area is 138 Å². The third-order valence-electron chi connectivity index (χ3n) is 2.06. The number of hydrogen-bond donors (Lipinski definition) is 0. The molecule has 0 aliphatic heterocycles. The third-order valence-corrected chi connectivity index (χ3v) is 2.98. The minimum absolute atomic E-state index is 1.13. The fourth-order valence-electron chi connectivity index (χ4n) is 0.908. The largest absolute Gasteiger partial charge is 0.691 e. The number of benzene rings is 1. The molecule has 3 nitrogen and oxygen atoms in total. The summed E-state index contributed by atoms with van der Waals surface area (Å²) in [6.07, 6.45) is -6.92. The number of rotatable bonds is 5. The Morgan fingerprint density at radius 2 is 1.29 bits per heavy atom. The molecule has 14 heteroatoms. The maximum Gasteiger partial charge on any atom is 0.460 e. The van der Waals surface area contributed by atoms with Gasteiger partial charge in [-0.15, -0.1) is 0 Å². The summed E-state index contributed by atoms with van der Waals surface area (Å²) < 4.78 is 110. The van der Waals surface area contributed by atoms with E-state index in [0.717, 1.165) is 4.90 Å². The number of hydrogen-bond acceptors (Lipinski definition) is 4. The van der Waals surface area contributed by atoms with Crippen molar-refractivity contribution in [2.24, 2.45) is 0 Å². The highest BCUT2D eigenvalue weighted by atomic mass is 32.2. The van der Waals surface area contributed by atoms with E-state index in [9.17, 15) is 39.5 Å². The molecule has 0 radical (unpaired) electrons. The molecule has 1 rings (SSSR count). The summed E-state index contributed by atoms with van der Waals surface area (Å²) in [6, 6.07) is 9.96. The summed E-state index contributed by atoms with van der Waals surface area (Å²) in [5.74, 6) is -13.9. The summed E-state index contributed by atoms with van der Waals surface area (Å²) in [5.41, 5.74) is 0. The van der Waals surface area contributed by atoms with E-state index in [1.54, 1.807) is 0 Å². The average Bonchev–Trinajstić information content (AvgIpc) is 2.45. The van der Waals surface area contributed by atoms with Crippen LogP contribution in [0.15, 0.2) is 35.2 Å². The first kappa shape index (κ1) is 23.2. The van der Waals surface area contributed by atoms with Crippen LogP contribution in [-0.4, -0.2) is 23.3 Å². The van der Waals surface area contributed by atoms with Gasteiger partial charge in [0.2, 0.25) is 0 Å². The van der Waals surface area contributed by atoms with Crippen LogP contribution in [0.25, 0.3) is 0 Å². The maximum absolute atomic E-state index is 12.3. The zero-order chi connectivity index (χ0) is 19.2. The van der Waals surface area contributed by atoms with Gasteiger partial charge in [-0.3, -0.25) is 5.04 Å². The van der Waals surface area contributed by atoms with Crippen LogP contribution in [0.1, 0.15) is 0 Å². The Morgan fingerprint density at radius 3 is 1.58 bits per heavy atom. The molecule has 0 bridgehead atoms. The van der Waals surface area contributed by atoms with E-state index >= 15 is 0 Å².